The van der Waals surface area contributed by atoms with Crippen molar-refractivity contribution < 1.29 is 18.8 Å². The Morgan fingerprint density at radius 1 is 1.50 bits per heavy atom. The van der Waals surface area contributed by atoms with Gasteiger partial charge in [-0.05, 0) is 21.8 Å². The summed E-state index contributed by atoms with van der Waals surface area (Å²) in [5.74, 6) is -1.42. The minimum absolute atomic E-state index is 0.0195. The van der Waals surface area contributed by atoms with Gasteiger partial charge in [0.2, 0.25) is 0 Å². The minimum atomic E-state index is -0.806. The van der Waals surface area contributed by atoms with Gasteiger partial charge in [-0.25, -0.2) is 9.18 Å². The molecule has 0 saturated heterocycles. The number of halogens is 2. The maximum absolute atomic E-state index is 13.5. The summed E-state index contributed by atoms with van der Waals surface area (Å²) in [6.45, 7) is 3.49. The van der Waals surface area contributed by atoms with E-state index >= 15 is 0 Å². The van der Waals surface area contributed by atoms with Crippen LogP contribution in [0.2, 0.25) is 0 Å². The van der Waals surface area contributed by atoms with Gasteiger partial charge < -0.3 is 10.1 Å². The number of methoxy groups -OCH3 is 1. The van der Waals surface area contributed by atoms with Crippen molar-refractivity contribution in [3.05, 3.63) is 32.5 Å². The van der Waals surface area contributed by atoms with Gasteiger partial charge in [-0.1, -0.05) is 13.8 Å². The number of anilines is 1. The van der Waals surface area contributed by atoms with Gasteiger partial charge in [0.15, 0.2) is 0 Å². The summed E-state index contributed by atoms with van der Waals surface area (Å²) in [4.78, 5) is 22.0. The predicted molar refractivity (Wildman–Crippen MR) is 75.0 cm³/mol. The fourth-order valence-corrected chi connectivity index (χ4v) is 1.93. The number of hydrogen-bond acceptors (Lipinski definition) is 5. The topological polar surface area (TPSA) is 81.5 Å². The summed E-state index contributed by atoms with van der Waals surface area (Å²) in [5.41, 5.74) is -0.396. The van der Waals surface area contributed by atoms with Crippen LogP contribution in [-0.2, 0) is 9.53 Å². The van der Waals surface area contributed by atoms with E-state index in [1.807, 2.05) is 0 Å². The van der Waals surface area contributed by atoms with Crippen LogP contribution >= 0.6 is 15.9 Å². The molecule has 110 valence electrons. The van der Waals surface area contributed by atoms with Crippen molar-refractivity contribution >= 4 is 33.3 Å². The van der Waals surface area contributed by atoms with Crippen LogP contribution in [0.4, 0.5) is 15.8 Å². The Labute approximate surface area is 123 Å². The molecule has 0 aliphatic rings. The van der Waals surface area contributed by atoms with E-state index in [0.29, 0.717) is 0 Å². The molecule has 0 saturated carbocycles. The second-order valence-corrected chi connectivity index (χ2v) is 5.28. The zero-order chi connectivity index (χ0) is 15.4. The van der Waals surface area contributed by atoms with E-state index in [9.17, 15) is 19.3 Å². The first-order valence-corrected chi connectivity index (χ1v) is 6.55. The first-order valence-electron chi connectivity index (χ1n) is 5.75. The molecule has 0 heterocycles. The molecule has 0 aliphatic carbocycles. The molecule has 1 aromatic carbocycles. The van der Waals surface area contributed by atoms with Crippen LogP contribution in [0.15, 0.2) is 16.6 Å². The Kier molecular flexibility index (Phi) is 5.43. The second kappa shape index (κ2) is 6.65. The number of benzene rings is 1. The normalized spacial score (nSPS) is 12.1. The average molecular weight is 349 g/mol. The van der Waals surface area contributed by atoms with E-state index < -0.39 is 22.8 Å². The average Bonchev–Trinajstić information content (AvgIpc) is 2.37. The molecule has 20 heavy (non-hydrogen) atoms. The number of rotatable bonds is 5. The lowest BCUT2D eigenvalue weighted by Crippen LogP contribution is -2.35. The van der Waals surface area contributed by atoms with Gasteiger partial charge in [0.25, 0.3) is 5.69 Å². The van der Waals surface area contributed by atoms with Crippen LogP contribution < -0.4 is 5.32 Å². The molecule has 1 aromatic rings. The Morgan fingerprint density at radius 3 is 2.55 bits per heavy atom. The summed E-state index contributed by atoms with van der Waals surface area (Å²) in [7, 11) is 1.22. The third kappa shape index (κ3) is 3.66. The molecule has 0 aromatic heterocycles. The number of ether oxygens (including phenoxy) is 1. The zero-order valence-electron chi connectivity index (χ0n) is 11.1. The molecular formula is C12H14BrFN2O4. The van der Waals surface area contributed by atoms with Gasteiger partial charge >= 0.3 is 5.97 Å². The summed E-state index contributed by atoms with van der Waals surface area (Å²) in [5, 5.41) is 13.7. The molecule has 0 radical (unpaired) electrons. The Bertz CT molecular complexity index is 536. The third-order valence-corrected chi connectivity index (χ3v) is 3.28. The van der Waals surface area contributed by atoms with Crippen LogP contribution in [0.1, 0.15) is 13.8 Å². The van der Waals surface area contributed by atoms with Crippen molar-refractivity contribution in [3.63, 3.8) is 0 Å². The lowest BCUT2D eigenvalue weighted by atomic mass is 10.0. The standard InChI is InChI=1S/C12H14BrFN2O4/c1-6(2)11(12(17)20-3)15-9-5-8(14)7(13)4-10(9)16(18)19/h4-6,11,15H,1-3H3. The Morgan fingerprint density at radius 2 is 2.10 bits per heavy atom. The number of nitrogens with zero attached hydrogens (tertiary/aromatic N) is 1. The van der Waals surface area contributed by atoms with Crippen molar-refractivity contribution in [1.29, 1.82) is 0 Å². The van der Waals surface area contributed by atoms with Gasteiger partial charge in [-0.3, -0.25) is 10.1 Å². The molecule has 6 nitrogen and oxygen atoms in total. The summed E-state index contributed by atoms with van der Waals surface area (Å²) < 4.78 is 18.1. The highest BCUT2D eigenvalue weighted by Gasteiger charge is 2.27. The largest absolute Gasteiger partial charge is 0.467 e. The number of nitrogens with one attached hydrogen (secondary N) is 1. The maximum atomic E-state index is 13.5. The van der Waals surface area contributed by atoms with Gasteiger partial charge in [-0.2, -0.15) is 0 Å². The minimum Gasteiger partial charge on any atom is -0.467 e. The smallest absolute Gasteiger partial charge is 0.328 e. The van der Waals surface area contributed by atoms with Gasteiger partial charge in [0.05, 0.1) is 16.5 Å². The van der Waals surface area contributed by atoms with Crippen molar-refractivity contribution in [2.24, 2.45) is 5.92 Å². The molecule has 0 fully saturated rings. The summed E-state index contributed by atoms with van der Waals surface area (Å²) in [6.07, 6.45) is 0. The Balaban J connectivity index is 3.21. The lowest BCUT2D eigenvalue weighted by Gasteiger charge is -2.21. The third-order valence-electron chi connectivity index (χ3n) is 2.67. The zero-order valence-corrected chi connectivity index (χ0v) is 12.7. The van der Waals surface area contributed by atoms with Crippen LogP contribution in [-0.4, -0.2) is 24.0 Å². The van der Waals surface area contributed by atoms with Crippen molar-refractivity contribution in [3.8, 4) is 0 Å². The maximum Gasteiger partial charge on any atom is 0.328 e. The first-order chi connectivity index (χ1) is 9.27. The summed E-state index contributed by atoms with van der Waals surface area (Å²) >= 11 is 2.89. The van der Waals surface area contributed by atoms with Crippen LogP contribution in [0.25, 0.3) is 0 Å². The highest BCUT2D eigenvalue weighted by Crippen LogP contribution is 2.31. The fraction of sp³-hybridized carbons (Fsp3) is 0.417. The molecule has 1 unspecified atom stereocenters. The second-order valence-electron chi connectivity index (χ2n) is 4.43. The number of carbonyl (C=O) groups excluding carboxylic acids is 1. The van der Waals surface area contributed by atoms with Gasteiger partial charge in [0, 0.05) is 12.1 Å². The molecule has 0 amide bonds. The monoisotopic (exact) mass is 348 g/mol. The number of hydrogen-bond donors (Lipinski definition) is 1. The molecule has 0 bridgehead atoms. The number of nitro groups is 1. The van der Waals surface area contributed by atoms with E-state index in [1.54, 1.807) is 13.8 Å². The molecule has 1 atom stereocenters. The van der Waals surface area contributed by atoms with E-state index in [2.05, 4.69) is 26.0 Å². The molecule has 0 spiro atoms. The van der Waals surface area contributed by atoms with Gasteiger partial charge in [0.1, 0.15) is 17.5 Å². The van der Waals surface area contributed by atoms with Crippen LogP contribution in [0, 0.1) is 21.8 Å². The lowest BCUT2D eigenvalue weighted by molar-refractivity contribution is -0.384. The summed E-state index contributed by atoms with van der Waals surface area (Å²) in [6, 6.07) is 1.21. The molecular weight excluding hydrogens is 335 g/mol. The van der Waals surface area contributed by atoms with Gasteiger partial charge in [-0.15, -0.1) is 0 Å². The van der Waals surface area contributed by atoms with Crippen LogP contribution in [0.3, 0.4) is 0 Å². The number of nitro benzene ring substituents is 1. The predicted octanol–water partition coefficient (Wildman–Crippen LogP) is 3.11. The number of carbonyl (C=O) groups is 1. The molecule has 0 aliphatic heterocycles. The van der Waals surface area contributed by atoms with E-state index in [-0.39, 0.29) is 21.8 Å². The highest BCUT2D eigenvalue weighted by molar-refractivity contribution is 9.10. The van der Waals surface area contributed by atoms with Crippen molar-refractivity contribution in [2.45, 2.75) is 19.9 Å². The molecule has 1 rings (SSSR count). The highest BCUT2D eigenvalue weighted by atomic mass is 79.9. The van der Waals surface area contributed by atoms with E-state index in [0.717, 1.165) is 12.1 Å². The number of esters is 1. The SMILES string of the molecule is COC(=O)C(Nc1cc(F)c(Br)cc1[N+](=O)[O-])C(C)C. The van der Waals surface area contributed by atoms with E-state index in [4.69, 9.17) is 0 Å². The first kappa shape index (κ1) is 16.4. The Hall–Kier alpha value is -1.70. The molecule has 1 N–H and O–H groups in total. The quantitative estimate of drug-likeness (QED) is 0.502. The molecule has 8 heteroatoms. The van der Waals surface area contributed by atoms with Crippen molar-refractivity contribution in [2.75, 3.05) is 12.4 Å². The fourth-order valence-electron chi connectivity index (χ4n) is 1.60. The van der Waals surface area contributed by atoms with E-state index in [1.165, 1.54) is 7.11 Å². The van der Waals surface area contributed by atoms with Crippen molar-refractivity contribution in [1.82, 2.24) is 0 Å². The van der Waals surface area contributed by atoms with Crippen LogP contribution in [0.5, 0.6) is 0 Å².